The zero-order chi connectivity index (χ0) is 14.5. The first-order valence-corrected chi connectivity index (χ1v) is 6.43. The molecule has 5 nitrogen and oxygen atoms in total. The van der Waals surface area contributed by atoms with Crippen molar-refractivity contribution in [3.63, 3.8) is 0 Å². The number of ether oxygens (including phenoxy) is 1. The summed E-state index contributed by atoms with van der Waals surface area (Å²) in [5.41, 5.74) is 6.96. The topological polar surface area (TPSA) is 77.2 Å². The van der Waals surface area contributed by atoms with Gasteiger partial charge in [0.2, 0.25) is 5.88 Å². The van der Waals surface area contributed by atoms with E-state index in [4.69, 9.17) is 22.1 Å². The largest absolute Gasteiger partial charge is 0.476 e. The molecular weight excluding hydrogens is 278 g/mol. The van der Waals surface area contributed by atoms with Crippen molar-refractivity contribution in [3.05, 3.63) is 47.1 Å². The number of carbonyl (C=O) groups excluding carboxylic acids is 1. The van der Waals surface area contributed by atoms with E-state index < -0.39 is 0 Å². The second-order valence-electron chi connectivity index (χ2n) is 3.98. The van der Waals surface area contributed by atoms with Crippen LogP contribution >= 0.6 is 11.6 Å². The van der Waals surface area contributed by atoms with Crippen molar-refractivity contribution in [1.82, 2.24) is 4.98 Å². The highest BCUT2D eigenvalue weighted by molar-refractivity contribution is 6.33. The van der Waals surface area contributed by atoms with Crippen LogP contribution in [0.5, 0.6) is 5.88 Å². The molecular formula is C14H14ClN3O2. The molecule has 0 aliphatic carbocycles. The monoisotopic (exact) mass is 291 g/mol. The molecule has 2 aromatic rings. The van der Waals surface area contributed by atoms with Gasteiger partial charge in [-0.15, -0.1) is 0 Å². The van der Waals surface area contributed by atoms with Gasteiger partial charge in [-0.3, -0.25) is 4.79 Å². The van der Waals surface area contributed by atoms with E-state index in [0.29, 0.717) is 34.4 Å². The maximum atomic E-state index is 12.1. The fourth-order valence-electron chi connectivity index (χ4n) is 1.62. The molecule has 104 valence electrons. The zero-order valence-corrected chi connectivity index (χ0v) is 11.6. The number of nitrogens with two attached hydrogens (primary N) is 1. The van der Waals surface area contributed by atoms with Gasteiger partial charge < -0.3 is 15.8 Å². The van der Waals surface area contributed by atoms with Crippen molar-refractivity contribution in [2.24, 2.45) is 0 Å². The minimum atomic E-state index is -0.303. The van der Waals surface area contributed by atoms with Crippen LogP contribution in [-0.4, -0.2) is 17.5 Å². The quantitative estimate of drug-likeness (QED) is 0.849. The fourth-order valence-corrected chi connectivity index (χ4v) is 1.73. The van der Waals surface area contributed by atoms with Gasteiger partial charge in [-0.2, -0.15) is 0 Å². The number of nitrogens with zero attached hydrogens (tertiary/aromatic N) is 1. The molecule has 1 heterocycles. The van der Waals surface area contributed by atoms with E-state index in [1.54, 1.807) is 30.5 Å². The molecule has 0 saturated carbocycles. The number of nitrogen functional groups attached to an aromatic ring is 1. The van der Waals surface area contributed by atoms with Crippen LogP contribution in [0.4, 0.5) is 11.4 Å². The van der Waals surface area contributed by atoms with E-state index >= 15 is 0 Å². The maximum Gasteiger partial charge on any atom is 0.255 e. The van der Waals surface area contributed by atoms with Gasteiger partial charge in [0.1, 0.15) is 5.69 Å². The standard InChI is InChI=1S/C14H14ClN3O2/c1-2-20-14-12(4-3-7-17-14)18-13(19)9-5-6-10(15)11(16)8-9/h3-8H,2,16H2,1H3,(H,18,19). The Hall–Kier alpha value is -2.27. The lowest BCUT2D eigenvalue weighted by atomic mass is 10.2. The highest BCUT2D eigenvalue weighted by Gasteiger charge is 2.11. The van der Waals surface area contributed by atoms with Crippen LogP contribution in [0.3, 0.4) is 0 Å². The van der Waals surface area contributed by atoms with Gasteiger partial charge in [-0.25, -0.2) is 4.98 Å². The number of benzene rings is 1. The van der Waals surface area contributed by atoms with Gasteiger partial charge >= 0.3 is 0 Å². The molecule has 0 aliphatic heterocycles. The van der Waals surface area contributed by atoms with Crippen LogP contribution < -0.4 is 15.8 Å². The molecule has 0 unspecified atom stereocenters. The number of pyridine rings is 1. The van der Waals surface area contributed by atoms with Crippen molar-refractivity contribution in [1.29, 1.82) is 0 Å². The van der Waals surface area contributed by atoms with Gasteiger partial charge in [0.05, 0.1) is 17.3 Å². The van der Waals surface area contributed by atoms with Crippen LogP contribution in [0.25, 0.3) is 0 Å². The Morgan fingerprint density at radius 2 is 2.25 bits per heavy atom. The molecule has 0 radical (unpaired) electrons. The molecule has 3 N–H and O–H groups in total. The third kappa shape index (κ3) is 3.19. The summed E-state index contributed by atoms with van der Waals surface area (Å²) in [7, 11) is 0. The van der Waals surface area contributed by atoms with E-state index in [9.17, 15) is 4.79 Å². The fraction of sp³-hybridized carbons (Fsp3) is 0.143. The molecule has 0 spiro atoms. The molecule has 0 saturated heterocycles. The van der Waals surface area contributed by atoms with Gasteiger partial charge in [0.25, 0.3) is 5.91 Å². The Morgan fingerprint density at radius 3 is 2.95 bits per heavy atom. The van der Waals surface area contributed by atoms with Gasteiger partial charge in [0.15, 0.2) is 0 Å². The van der Waals surface area contributed by atoms with E-state index in [1.807, 2.05) is 6.92 Å². The number of aromatic nitrogens is 1. The van der Waals surface area contributed by atoms with Crippen LogP contribution in [0.2, 0.25) is 5.02 Å². The Morgan fingerprint density at radius 1 is 1.45 bits per heavy atom. The molecule has 0 aliphatic rings. The summed E-state index contributed by atoms with van der Waals surface area (Å²) in [6.07, 6.45) is 1.60. The van der Waals surface area contributed by atoms with Crippen LogP contribution in [0, 0.1) is 0 Å². The second kappa shape index (κ2) is 6.25. The summed E-state index contributed by atoms with van der Waals surface area (Å²) in [6, 6.07) is 8.14. The van der Waals surface area contributed by atoms with Crippen LogP contribution in [0.1, 0.15) is 17.3 Å². The summed E-state index contributed by atoms with van der Waals surface area (Å²) in [6.45, 7) is 2.31. The molecule has 20 heavy (non-hydrogen) atoms. The number of halogens is 1. The van der Waals surface area contributed by atoms with Crippen LogP contribution in [-0.2, 0) is 0 Å². The number of carbonyl (C=O) groups is 1. The lowest BCUT2D eigenvalue weighted by Crippen LogP contribution is -2.13. The molecule has 2 rings (SSSR count). The van der Waals surface area contributed by atoms with Crippen molar-refractivity contribution >= 4 is 28.9 Å². The van der Waals surface area contributed by atoms with Crippen molar-refractivity contribution in [3.8, 4) is 5.88 Å². The molecule has 0 fully saturated rings. The third-order valence-electron chi connectivity index (χ3n) is 2.56. The van der Waals surface area contributed by atoms with Crippen molar-refractivity contribution < 1.29 is 9.53 Å². The van der Waals surface area contributed by atoms with Gasteiger partial charge in [0, 0.05) is 11.8 Å². The Labute approximate surface area is 121 Å². The molecule has 0 bridgehead atoms. The zero-order valence-electron chi connectivity index (χ0n) is 10.9. The summed E-state index contributed by atoms with van der Waals surface area (Å²) in [5.74, 6) is 0.0765. The van der Waals surface area contributed by atoms with Crippen molar-refractivity contribution in [2.75, 3.05) is 17.7 Å². The first-order chi connectivity index (χ1) is 9.61. The average molecular weight is 292 g/mol. The summed E-state index contributed by atoms with van der Waals surface area (Å²) < 4.78 is 5.34. The average Bonchev–Trinajstić information content (AvgIpc) is 2.44. The number of rotatable bonds is 4. The van der Waals surface area contributed by atoms with Gasteiger partial charge in [-0.05, 0) is 37.3 Å². The Balaban J connectivity index is 2.21. The summed E-state index contributed by atoms with van der Waals surface area (Å²) in [5, 5.41) is 3.15. The number of nitrogens with one attached hydrogen (secondary N) is 1. The number of anilines is 2. The van der Waals surface area contributed by atoms with Crippen molar-refractivity contribution in [2.45, 2.75) is 6.92 Å². The summed E-state index contributed by atoms with van der Waals surface area (Å²) >= 11 is 5.83. The molecule has 1 amide bonds. The van der Waals surface area contributed by atoms with Gasteiger partial charge in [-0.1, -0.05) is 11.6 Å². The summed E-state index contributed by atoms with van der Waals surface area (Å²) in [4.78, 5) is 16.2. The first-order valence-electron chi connectivity index (χ1n) is 6.06. The molecule has 1 aromatic carbocycles. The van der Waals surface area contributed by atoms with E-state index in [2.05, 4.69) is 10.3 Å². The smallest absolute Gasteiger partial charge is 0.255 e. The maximum absolute atomic E-state index is 12.1. The van der Waals surface area contributed by atoms with E-state index in [-0.39, 0.29) is 5.91 Å². The lowest BCUT2D eigenvalue weighted by molar-refractivity contribution is 0.102. The minimum absolute atomic E-state index is 0.303. The first kappa shape index (κ1) is 14.1. The van der Waals surface area contributed by atoms with Crippen LogP contribution in [0.15, 0.2) is 36.5 Å². The Bertz CT molecular complexity index is 632. The van der Waals surface area contributed by atoms with E-state index in [0.717, 1.165) is 0 Å². The number of amides is 1. The second-order valence-corrected chi connectivity index (χ2v) is 4.39. The molecule has 0 atom stereocenters. The number of hydrogen-bond acceptors (Lipinski definition) is 4. The molecule has 6 heteroatoms. The molecule has 1 aromatic heterocycles. The Kier molecular flexibility index (Phi) is 4.42. The normalized spacial score (nSPS) is 10.1. The highest BCUT2D eigenvalue weighted by Crippen LogP contribution is 2.23. The highest BCUT2D eigenvalue weighted by atomic mass is 35.5. The predicted molar refractivity (Wildman–Crippen MR) is 79.2 cm³/mol. The predicted octanol–water partition coefficient (Wildman–Crippen LogP) is 2.97. The van der Waals surface area contributed by atoms with E-state index in [1.165, 1.54) is 6.07 Å². The minimum Gasteiger partial charge on any atom is -0.476 e. The SMILES string of the molecule is CCOc1ncccc1NC(=O)c1ccc(Cl)c(N)c1. The third-order valence-corrected chi connectivity index (χ3v) is 2.90. The lowest BCUT2D eigenvalue weighted by Gasteiger charge is -2.10. The number of hydrogen-bond donors (Lipinski definition) is 2.